The fourth-order valence-electron chi connectivity index (χ4n) is 1.45. The fourth-order valence-corrected chi connectivity index (χ4v) is 1.87. The van der Waals surface area contributed by atoms with E-state index in [1.54, 1.807) is 0 Å². The highest BCUT2D eigenvalue weighted by molar-refractivity contribution is 7.71. The number of aryl methyl sites for hydroxylation is 1. The van der Waals surface area contributed by atoms with Gasteiger partial charge in [-0.2, -0.15) is 0 Å². The summed E-state index contributed by atoms with van der Waals surface area (Å²) in [6, 6.07) is 9.72. The van der Waals surface area contributed by atoms with E-state index in [-0.39, 0.29) is 0 Å². The van der Waals surface area contributed by atoms with Gasteiger partial charge in [0.25, 0.3) is 0 Å². The second-order valence-corrected chi connectivity index (χ2v) is 4.34. The first-order chi connectivity index (χ1) is 7.15. The third kappa shape index (κ3) is 2.49. The van der Waals surface area contributed by atoms with Crippen LogP contribution in [0.15, 0.2) is 30.3 Å². The molecule has 0 aliphatic carbocycles. The lowest BCUT2D eigenvalue weighted by molar-refractivity contribution is 0.671. The van der Waals surface area contributed by atoms with Crippen LogP contribution in [0, 0.1) is 11.6 Å². The van der Waals surface area contributed by atoms with Crippen LogP contribution < -0.4 is 0 Å². The number of hydrogen-bond donors (Lipinski definition) is 1. The Balaban J connectivity index is 2.25. The molecule has 0 saturated heterocycles. The Morgan fingerprint density at radius 3 is 2.53 bits per heavy atom. The number of aromatic nitrogens is 2. The Kier molecular flexibility index (Phi) is 2.93. The molecule has 0 aliphatic rings. The van der Waals surface area contributed by atoms with Crippen LogP contribution in [0.5, 0.6) is 0 Å². The standard InChI is InChI=1S/C11H11ClN2S/c1-8-6-11(15)14(13-8)7-9-2-4-10(12)5-3-9/h2-6,13H,7H2,1H3. The summed E-state index contributed by atoms with van der Waals surface area (Å²) in [4.78, 5) is 0. The van der Waals surface area contributed by atoms with E-state index in [9.17, 15) is 0 Å². The summed E-state index contributed by atoms with van der Waals surface area (Å²) in [5.41, 5.74) is 2.26. The molecule has 0 amide bonds. The molecule has 15 heavy (non-hydrogen) atoms. The molecular weight excluding hydrogens is 228 g/mol. The van der Waals surface area contributed by atoms with Crippen molar-refractivity contribution in [2.45, 2.75) is 13.5 Å². The molecule has 0 bridgehead atoms. The molecule has 78 valence electrons. The SMILES string of the molecule is Cc1cc(=S)n(Cc2ccc(Cl)cc2)[nH]1. The Hall–Kier alpha value is -1.06. The van der Waals surface area contributed by atoms with Gasteiger partial charge in [0.2, 0.25) is 0 Å². The van der Waals surface area contributed by atoms with Gasteiger partial charge in [0, 0.05) is 10.7 Å². The molecule has 1 heterocycles. The molecule has 1 N–H and O–H groups in total. The lowest BCUT2D eigenvalue weighted by Crippen LogP contribution is -2.01. The number of benzene rings is 1. The maximum absolute atomic E-state index is 5.81. The number of nitrogens with zero attached hydrogens (tertiary/aromatic N) is 1. The highest BCUT2D eigenvalue weighted by Gasteiger charge is 1.98. The normalized spacial score (nSPS) is 10.5. The molecule has 0 radical (unpaired) electrons. The van der Waals surface area contributed by atoms with Gasteiger partial charge in [0.1, 0.15) is 4.64 Å². The lowest BCUT2D eigenvalue weighted by atomic mass is 10.2. The molecule has 0 spiro atoms. The Morgan fingerprint density at radius 1 is 1.33 bits per heavy atom. The molecule has 2 nitrogen and oxygen atoms in total. The topological polar surface area (TPSA) is 20.7 Å². The fraction of sp³-hybridized carbons (Fsp3) is 0.182. The number of rotatable bonds is 2. The zero-order valence-electron chi connectivity index (χ0n) is 8.33. The molecule has 0 saturated carbocycles. The Labute approximate surface area is 98.5 Å². The first-order valence-corrected chi connectivity index (χ1v) is 5.45. The molecule has 0 fully saturated rings. The van der Waals surface area contributed by atoms with Crippen molar-refractivity contribution < 1.29 is 0 Å². The molecule has 0 atom stereocenters. The average molecular weight is 239 g/mol. The third-order valence-corrected chi connectivity index (χ3v) is 2.76. The van der Waals surface area contributed by atoms with Crippen molar-refractivity contribution in [3.8, 4) is 0 Å². The monoisotopic (exact) mass is 238 g/mol. The predicted molar refractivity (Wildman–Crippen MR) is 64.9 cm³/mol. The number of hydrogen-bond acceptors (Lipinski definition) is 1. The van der Waals surface area contributed by atoms with Crippen molar-refractivity contribution in [3.05, 3.63) is 51.3 Å². The number of H-pyrrole nitrogens is 1. The minimum absolute atomic E-state index is 0.754. The molecule has 1 aromatic heterocycles. The first-order valence-electron chi connectivity index (χ1n) is 4.66. The lowest BCUT2D eigenvalue weighted by Gasteiger charge is -2.03. The Bertz CT molecular complexity index is 510. The van der Waals surface area contributed by atoms with Crippen LogP contribution in [-0.4, -0.2) is 9.78 Å². The van der Waals surface area contributed by atoms with Gasteiger partial charge in [-0.15, -0.1) is 0 Å². The van der Waals surface area contributed by atoms with Crippen molar-refractivity contribution >= 4 is 23.8 Å². The Morgan fingerprint density at radius 2 is 2.00 bits per heavy atom. The van der Waals surface area contributed by atoms with Crippen molar-refractivity contribution in [1.29, 1.82) is 0 Å². The summed E-state index contributed by atoms with van der Waals surface area (Å²) in [5.74, 6) is 0. The summed E-state index contributed by atoms with van der Waals surface area (Å²) in [5, 5.41) is 3.94. The second kappa shape index (κ2) is 4.21. The van der Waals surface area contributed by atoms with E-state index in [2.05, 4.69) is 5.10 Å². The van der Waals surface area contributed by atoms with Gasteiger partial charge in [-0.3, -0.25) is 4.68 Å². The summed E-state index contributed by atoms with van der Waals surface area (Å²) in [6.07, 6.45) is 0. The maximum atomic E-state index is 5.81. The van der Waals surface area contributed by atoms with Gasteiger partial charge in [-0.1, -0.05) is 36.0 Å². The maximum Gasteiger partial charge on any atom is 0.122 e. The van der Waals surface area contributed by atoms with E-state index in [0.29, 0.717) is 0 Å². The van der Waals surface area contributed by atoms with E-state index in [1.165, 1.54) is 5.56 Å². The van der Waals surface area contributed by atoms with Gasteiger partial charge in [-0.25, -0.2) is 0 Å². The molecule has 0 unspecified atom stereocenters. The quantitative estimate of drug-likeness (QED) is 0.794. The molecule has 4 heteroatoms. The van der Waals surface area contributed by atoms with Crippen LogP contribution in [0.4, 0.5) is 0 Å². The van der Waals surface area contributed by atoms with Crippen molar-refractivity contribution in [3.63, 3.8) is 0 Å². The molecule has 1 aromatic carbocycles. The highest BCUT2D eigenvalue weighted by Crippen LogP contribution is 2.11. The van der Waals surface area contributed by atoms with E-state index in [1.807, 2.05) is 41.9 Å². The smallest absolute Gasteiger partial charge is 0.122 e. The zero-order chi connectivity index (χ0) is 10.8. The number of aromatic amines is 1. The number of halogens is 1. The highest BCUT2D eigenvalue weighted by atomic mass is 35.5. The number of nitrogens with one attached hydrogen (secondary N) is 1. The average Bonchev–Trinajstić information content (AvgIpc) is 2.49. The minimum Gasteiger partial charge on any atom is -0.302 e. The minimum atomic E-state index is 0.754. The molecule has 0 aliphatic heterocycles. The van der Waals surface area contributed by atoms with Crippen LogP contribution in [0.25, 0.3) is 0 Å². The van der Waals surface area contributed by atoms with Gasteiger partial charge in [0.05, 0.1) is 6.54 Å². The van der Waals surface area contributed by atoms with Gasteiger partial charge < -0.3 is 5.10 Å². The predicted octanol–water partition coefficient (Wildman–Crippen LogP) is 3.56. The van der Waals surface area contributed by atoms with Crippen LogP contribution in [0.3, 0.4) is 0 Å². The summed E-state index contributed by atoms with van der Waals surface area (Å²) in [7, 11) is 0. The third-order valence-electron chi connectivity index (χ3n) is 2.17. The largest absolute Gasteiger partial charge is 0.302 e. The van der Waals surface area contributed by atoms with Crippen LogP contribution >= 0.6 is 23.8 Å². The van der Waals surface area contributed by atoms with Gasteiger partial charge >= 0.3 is 0 Å². The second-order valence-electron chi connectivity index (χ2n) is 3.49. The van der Waals surface area contributed by atoms with Crippen molar-refractivity contribution in [2.24, 2.45) is 0 Å². The van der Waals surface area contributed by atoms with E-state index in [4.69, 9.17) is 23.8 Å². The van der Waals surface area contributed by atoms with Gasteiger partial charge in [-0.05, 0) is 30.7 Å². The van der Waals surface area contributed by atoms with Crippen LogP contribution in [0.1, 0.15) is 11.3 Å². The van der Waals surface area contributed by atoms with Gasteiger partial charge in [0.15, 0.2) is 0 Å². The van der Waals surface area contributed by atoms with Crippen LogP contribution in [-0.2, 0) is 6.54 Å². The van der Waals surface area contributed by atoms with E-state index < -0.39 is 0 Å². The van der Waals surface area contributed by atoms with E-state index >= 15 is 0 Å². The van der Waals surface area contributed by atoms with Crippen molar-refractivity contribution in [1.82, 2.24) is 9.78 Å². The summed E-state index contributed by atoms with van der Waals surface area (Å²) in [6.45, 7) is 2.75. The first kappa shape index (κ1) is 10.5. The summed E-state index contributed by atoms with van der Waals surface area (Å²) >= 11 is 11.0. The summed E-state index contributed by atoms with van der Waals surface area (Å²) < 4.78 is 2.76. The van der Waals surface area contributed by atoms with E-state index in [0.717, 1.165) is 21.9 Å². The van der Waals surface area contributed by atoms with Crippen molar-refractivity contribution in [2.75, 3.05) is 0 Å². The van der Waals surface area contributed by atoms with Crippen LogP contribution in [0.2, 0.25) is 5.02 Å². The molecule has 2 aromatic rings. The molecular formula is C11H11ClN2S. The zero-order valence-corrected chi connectivity index (χ0v) is 9.90. The molecule has 2 rings (SSSR count).